The first-order valence-electron chi connectivity index (χ1n) is 7.23. The van der Waals surface area contributed by atoms with Gasteiger partial charge in [-0.1, -0.05) is 63.1 Å². The molecule has 0 spiro atoms. The number of amides is 1. The van der Waals surface area contributed by atoms with Crippen molar-refractivity contribution in [1.29, 1.82) is 0 Å². The summed E-state index contributed by atoms with van der Waals surface area (Å²) in [6.07, 6.45) is 5.99. The van der Waals surface area contributed by atoms with Gasteiger partial charge in [0.2, 0.25) is 5.91 Å². The van der Waals surface area contributed by atoms with Crippen LogP contribution in [0.5, 0.6) is 0 Å². The highest BCUT2D eigenvalue weighted by molar-refractivity contribution is 5.93. The Morgan fingerprint density at radius 2 is 1.89 bits per heavy atom. The summed E-state index contributed by atoms with van der Waals surface area (Å²) in [7, 11) is 0. The van der Waals surface area contributed by atoms with Crippen LogP contribution in [-0.2, 0) is 4.79 Å². The molecule has 2 heteroatoms. The van der Waals surface area contributed by atoms with E-state index in [-0.39, 0.29) is 11.9 Å². The van der Waals surface area contributed by atoms with Crippen LogP contribution in [0.4, 0.5) is 0 Å². The maximum atomic E-state index is 12.2. The van der Waals surface area contributed by atoms with Crippen molar-refractivity contribution in [2.75, 3.05) is 0 Å². The van der Waals surface area contributed by atoms with E-state index in [0.717, 1.165) is 36.8 Å². The van der Waals surface area contributed by atoms with Crippen molar-refractivity contribution in [2.45, 2.75) is 52.5 Å². The van der Waals surface area contributed by atoms with E-state index in [1.54, 1.807) is 0 Å². The highest BCUT2D eigenvalue weighted by atomic mass is 16.1. The second kappa shape index (κ2) is 8.52. The highest BCUT2D eigenvalue weighted by Gasteiger charge is 2.12. The van der Waals surface area contributed by atoms with Gasteiger partial charge >= 0.3 is 0 Å². The Kier molecular flexibility index (Phi) is 6.94. The summed E-state index contributed by atoms with van der Waals surface area (Å²) >= 11 is 0. The Balaban J connectivity index is 2.66. The number of nitrogens with one attached hydrogen (secondary N) is 1. The normalized spacial score (nSPS) is 13.1. The van der Waals surface area contributed by atoms with Crippen molar-refractivity contribution in [1.82, 2.24) is 5.32 Å². The molecule has 1 amide bonds. The quantitative estimate of drug-likeness (QED) is 0.723. The van der Waals surface area contributed by atoms with Crippen molar-refractivity contribution in [3.63, 3.8) is 0 Å². The molecule has 0 fully saturated rings. The van der Waals surface area contributed by atoms with Gasteiger partial charge in [0.1, 0.15) is 0 Å². The molecule has 1 aromatic carbocycles. The number of rotatable bonds is 7. The molecule has 104 valence electrons. The van der Waals surface area contributed by atoms with Crippen molar-refractivity contribution < 1.29 is 4.79 Å². The summed E-state index contributed by atoms with van der Waals surface area (Å²) in [5.41, 5.74) is 2.06. The van der Waals surface area contributed by atoms with Gasteiger partial charge in [-0.05, 0) is 25.3 Å². The Labute approximate surface area is 116 Å². The molecule has 0 radical (unpaired) electrons. The lowest BCUT2D eigenvalue weighted by atomic mass is 10.1. The number of hydrogen-bond acceptors (Lipinski definition) is 1. The van der Waals surface area contributed by atoms with Gasteiger partial charge in [-0.2, -0.15) is 0 Å². The third-order valence-electron chi connectivity index (χ3n) is 3.14. The number of carbonyl (C=O) groups excluding carboxylic acids is 1. The minimum atomic E-state index is 0.0515. The van der Waals surface area contributed by atoms with E-state index in [2.05, 4.69) is 25.2 Å². The van der Waals surface area contributed by atoms with Gasteiger partial charge in [0, 0.05) is 5.57 Å². The topological polar surface area (TPSA) is 29.1 Å². The summed E-state index contributed by atoms with van der Waals surface area (Å²) in [5.74, 6) is 0.0756. The molecule has 19 heavy (non-hydrogen) atoms. The zero-order chi connectivity index (χ0) is 14.1. The number of unbranched alkanes of at least 4 members (excludes halogenated alkanes) is 1. The standard InChI is InChI=1S/C17H25NO/c1-4-6-11-16(10-5-2)17(19)18-14(3)15-12-8-7-9-13-15/h7-9,11-14H,4-6,10H2,1-3H3,(H,18,19)/b16-11+. The molecule has 1 N–H and O–H groups in total. The Morgan fingerprint density at radius 3 is 2.47 bits per heavy atom. The summed E-state index contributed by atoms with van der Waals surface area (Å²) in [6, 6.07) is 10.1. The molecule has 1 aromatic rings. The number of carbonyl (C=O) groups is 1. The fourth-order valence-corrected chi connectivity index (χ4v) is 2.01. The monoisotopic (exact) mass is 259 g/mol. The van der Waals surface area contributed by atoms with Crippen LogP contribution >= 0.6 is 0 Å². The molecule has 1 unspecified atom stereocenters. The third kappa shape index (κ3) is 5.29. The lowest BCUT2D eigenvalue weighted by Gasteiger charge is -2.15. The van der Waals surface area contributed by atoms with E-state index >= 15 is 0 Å². The van der Waals surface area contributed by atoms with Crippen molar-refractivity contribution in [3.05, 3.63) is 47.5 Å². The van der Waals surface area contributed by atoms with E-state index < -0.39 is 0 Å². The fraction of sp³-hybridized carbons (Fsp3) is 0.471. The van der Waals surface area contributed by atoms with Gasteiger partial charge in [-0.3, -0.25) is 4.79 Å². The molecular weight excluding hydrogens is 234 g/mol. The maximum Gasteiger partial charge on any atom is 0.247 e. The van der Waals surface area contributed by atoms with Crippen LogP contribution < -0.4 is 5.32 Å². The molecule has 2 nitrogen and oxygen atoms in total. The van der Waals surface area contributed by atoms with Crippen LogP contribution in [0, 0.1) is 0 Å². The van der Waals surface area contributed by atoms with Gasteiger partial charge in [-0.25, -0.2) is 0 Å². The molecule has 0 saturated heterocycles. The van der Waals surface area contributed by atoms with Gasteiger partial charge in [0.05, 0.1) is 6.04 Å². The second-order valence-corrected chi connectivity index (χ2v) is 4.87. The van der Waals surface area contributed by atoms with Crippen molar-refractivity contribution >= 4 is 5.91 Å². The number of benzene rings is 1. The first-order chi connectivity index (χ1) is 9.19. The van der Waals surface area contributed by atoms with E-state index in [1.807, 2.05) is 37.3 Å². The lowest BCUT2D eigenvalue weighted by Crippen LogP contribution is -2.28. The number of hydrogen-bond donors (Lipinski definition) is 1. The summed E-state index contributed by atoms with van der Waals surface area (Å²) in [6.45, 7) is 6.26. The zero-order valence-corrected chi connectivity index (χ0v) is 12.3. The summed E-state index contributed by atoms with van der Waals surface area (Å²) in [5, 5.41) is 3.08. The van der Waals surface area contributed by atoms with Crippen LogP contribution in [0.1, 0.15) is 58.1 Å². The van der Waals surface area contributed by atoms with Gasteiger partial charge in [0.15, 0.2) is 0 Å². The minimum absolute atomic E-state index is 0.0515. The molecule has 0 saturated carbocycles. The lowest BCUT2D eigenvalue weighted by molar-refractivity contribution is -0.118. The SMILES string of the molecule is CCC/C=C(\CCC)C(=O)NC(C)c1ccccc1. The maximum absolute atomic E-state index is 12.2. The Morgan fingerprint density at radius 1 is 1.21 bits per heavy atom. The molecular formula is C17H25NO. The highest BCUT2D eigenvalue weighted by Crippen LogP contribution is 2.14. The molecule has 0 aromatic heterocycles. The van der Waals surface area contributed by atoms with E-state index in [0.29, 0.717) is 0 Å². The first kappa shape index (κ1) is 15.5. The Bertz CT molecular complexity index is 409. The largest absolute Gasteiger partial charge is 0.346 e. The molecule has 0 aliphatic carbocycles. The van der Waals surface area contributed by atoms with Crippen molar-refractivity contribution in [2.24, 2.45) is 0 Å². The molecule has 1 rings (SSSR count). The van der Waals surface area contributed by atoms with Gasteiger partial charge in [-0.15, -0.1) is 0 Å². The molecule has 1 atom stereocenters. The van der Waals surface area contributed by atoms with Gasteiger partial charge < -0.3 is 5.32 Å². The molecule has 0 aliphatic rings. The average Bonchev–Trinajstić information content (AvgIpc) is 2.44. The fourth-order valence-electron chi connectivity index (χ4n) is 2.01. The van der Waals surface area contributed by atoms with Crippen LogP contribution in [0.25, 0.3) is 0 Å². The summed E-state index contributed by atoms with van der Waals surface area (Å²) < 4.78 is 0. The number of allylic oxidation sites excluding steroid dienone is 1. The Hall–Kier alpha value is -1.57. The zero-order valence-electron chi connectivity index (χ0n) is 12.3. The second-order valence-electron chi connectivity index (χ2n) is 4.87. The molecule has 0 heterocycles. The molecule has 0 aliphatic heterocycles. The van der Waals surface area contributed by atoms with Crippen LogP contribution in [-0.4, -0.2) is 5.91 Å². The predicted octanol–water partition coefficient (Wildman–Crippen LogP) is 4.39. The van der Waals surface area contributed by atoms with Crippen molar-refractivity contribution in [3.8, 4) is 0 Å². The predicted molar refractivity (Wildman–Crippen MR) is 80.9 cm³/mol. The first-order valence-corrected chi connectivity index (χ1v) is 7.23. The van der Waals surface area contributed by atoms with Crippen LogP contribution in [0.15, 0.2) is 42.0 Å². The summed E-state index contributed by atoms with van der Waals surface area (Å²) in [4.78, 5) is 12.2. The third-order valence-corrected chi connectivity index (χ3v) is 3.14. The minimum Gasteiger partial charge on any atom is -0.346 e. The van der Waals surface area contributed by atoms with E-state index in [1.165, 1.54) is 0 Å². The average molecular weight is 259 g/mol. The van der Waals surface area contributed by atoms with Gasteiger partial charge in [0.25, 0.3) is 0 Å². The van der Waals surface area contributed by atoms with Crippen LogP contribution in [0.3, 0.4) is 0 Å². The van der Waals surface area contributed by atoms with Crippen LogP contribution in [0.2, 0.25) is 0 Å². The van der Waals surface area contributed by atoms with E-state index in [9.17, 15) is 4.79 Å². The van der Waals surface area contributed by atoms with E-state index in [4.69, 9.17) is 0 Å². The molecule has 0 bridgehead atoms. The smallest absolute Gasteiger partial charge is 0.247 e.